The van der Waals surface area contributed by atoms with Crippen molar-refractivity contribution < 1.29 is 13.6 Å². The Balaban J connectivity index is 1.58. The van der Waals surface area contributed by atoms with Gasteiger partial charge in [-0.05, 0) is 37.3 Å². The van der Waals surface area contributed by atoms with Crippen LogP contribution < -0.4 is 0 Å². The lowest BCUT2D eigenvalue weighted by atomic mass is 10.2. The number of halogens is 2. The Morgan fingerprint density at radius 3 is 2.69 bits per heavy atom. The van der Waals surface area contributed by atoms with E-state index >= 15 is 0 Å². The number of furan rings is 1. The zero-order chi connectivity index (χ0) is 18.7. The average Bonchev–Trinajstić information content (AvgIpc) is 3.21. The van der Waals surface area contributed by atoms with E-state index in [0.29, 0.717) is 46.6 Å². The van der Waals surface area contributed by atoms with Crippen molar-refractivity contribution >= 4 is 29.1 Å². The van der Waals surface area contributed by atoms with Crippen LogP contribution in [0.15, 0.2) is 45.4 Å². The lowest BCUT2D eigenvalue weighted by Crippen LogP contribution is -2.26. The van der Waals surface area contributed by atoms with Crippen molar-refractivity contribution in [2.24, 2.45) is 0 Å². The van der Waals surface area contributed by atoms with Gasteiger partial charge in [-0.25, -0.2) is 4.98 Å². The fourth-order valence-electron chi connectivity index (χ4n) is 2.54. The first kappa shape index (κ1) is 18.5. The van der Waals surface area contributed by atoms with Gasteiger partial charge in [0.1, 0.15) is 11.5 Å². The molecule has 7 heteroatoms. The smallest absolute Gasteiger partial charge is 0.223 e. The fourth-order valence-corrected chi connectivity index (χ4v) is 3.04. The molecular formula is C19H18Cl2N2O3. The second-order valence-electron chi connectivity index (χ2n) is 6.00. The predicted octanol–water partition coefficient (Wildman–Crippen LogP) is 5.14. The van der Waals surface area contributed by atoms with Crippen molar-refractivity contribution in [2.75, 3.05) is 7.05 Å². The number of aromatic nitrogens is 1. The van der Waals surface area contributed by atoms with E-state index in [4.69, 9.17) is 32.0 Å². The molecule has 5 nitrogen and oxygen atoms in total. The Morgan fingerprint density at radius 2 is 2.00 bits per heavy atom. The second-order valence-corrected chi connectivity index (χ2v) is 6.85. The van der Waals surface area contributed by atoms with Gasteiger partial charge in [-0.1, -0.05) is 23.2 Å². The maximum absolute atomic E-state index is 12.3. The quantitative estimate of drug-likeness (QED) is 0.582. The monoisotopic (exact) mass is 392 g/mol. The summed E-state index contributed by atoms with van der Waals surface area (Å²) in [6, 6.07) is 8.91. The van der Waals surface area contributed by atoms with Gasteiger partial charge in [0, 0.05) is 30.5 Å². The van der Waals surface area contributed by atoms with Crippen molar-refractivity contribution in [3.05, 3.63) is 64.0 Å². The summed E-state index contributed by atoms with van der Waals surface area (Å²) in [5.74, 6) is 2.61. The van der Waals surface area contributed by atoms with Crippen LogP contribution in [-0.4, -0.2) is 22.8 Å². The van der Waals surface area contributed by atoms with E-state index in [0.717, 1.165) is 11.5 Å². The third kappa shape index (κ3) is 4.48. The van der Waals surface area contributed by atoms with Crippen LogP contribution in [0.5, 0.6) is 0 Å². The molecule has 0 spiro atoms. The first-order valence-electron chi connectivity index (χ1n) is 8.12. The molecule has 0 saturated heterocycles. The summed E-state index contributed by atoms with van der Waals surface area (Å²) in [5.41, 5.74) is 0.714. The first-order valence-corrected chi connectivity index (χ1v) is 8.87. The number of benzene rings is 1. The summed E-state index contributed by atoms with van der Waals surface area (Å²) in [7, 11) is 1.74. The number of hydrogen-bond acceptors (Lipinski definition) is 4. The van der Waals surface area contributed by atoms with Crippen molar-refractivity contribution in [1.29, 1.82) is 0 Å². The average molecular weight is 393 g/mol. The van der Waals surface area contributed by atoms with E-state index in [1.165, 1.54) is 0 Å². The fraction of sp³-hybridized carbons (Fsp3) is 0.263. The number of oxazole rings is 1. The molecule has 1 amide bonds. The summed E-state index contributed by atoms with van der Waals surface area (Å²) in [6.45, 7) is 2.31. The summed E-state index contributed by atoms with van der Waals surface area (Å²) >= 11 is 12.1. The van der Waals surface area contributed by atoms with Gasteiger partial charge in [0.15, 0.2) is 11.7 Å². The highest BCUT2D eigenvalue weighted by Crippen LogP contribution is 2.30. The molecule has 2 heterocycles. The number of amides is 1. The molecule has 0 N–H and O–H groups in total. The van der Waals surface area contributed by atoms with Gasteiger partial charge >= 0.3 is 0 Å². The maximum Gasteiger partial charge on any atom is 0.223 e. The molecule has 0 aliphatic heterocycles. The molecule has 0 aliphatic rings. The van der Waals surface area contributed by atoms with Gasteiger partial charge in [-0.3, -0.25) is 4.79 Å². The second kappa shape index (κ2) is 7.98. The van der Waals surface area contributed by atoms with Crippen LogP contribution in [0, 0.1) is 6.92 Å². The van der Waals surface area contributed by atoms with Gasteiger partial charge in [-0.2, -0.15) is 0 Å². The zero-order valence-corrected chi connectivity index (χ0v) is 16.0. The minimum absolute atomic E-state index is 0.0108. The van der Waals surface area contributed by atoms with Crippen LogP contribution in [-0.2, 0) is 17.8 Å². The van der Waals surface area contributed by atoms with E-state index < -0.39 is 0 Å². The number of hydrogen-bond donors (Lipinski definition) is 0. The predicted molar refractivity (Wildman–Crippen MR) is 100 cm³/mol. The summed E-state index contributed by atoms with van der Waals surface area (Å²) < 4.78 is 11.2. The molecule has 3 rings (SSSR count). The molecule has 26 heavy (non-hydrogen) atoms. The van der Waals surface area contributed by atoms with E-state index in [1.807, 2.05) is 19.1 Å². The molecule has 136 valence electrons. The maximum atomic E-state index is 12.3. The Morgan fingerprint density at radius 1 is 1.19 bits per heavy atom. The van der Waals surface area contributed by atoms with Crippen LogP contribution in [0.4, 0.5) is 0 Å². The number of carbonyl (C=O) groups excluding carboxylic acids is 1. The van der Waals surface area contributed by atoms with Gasteiger partial charge in [0.2, 0.25) is 5.91 Å². The van der Waals surface area contributed by atoms with Crippen LogP contribution in [0.25, 0.3) is 11.3 Å². The molecule has 0 saturated carbocycles. The van der Waals surface area contributed by atoms with E-state index in [9.17, 15) is 4.79 Å². The normalized spacial score (nSPS) is 10.9. The number of aryl methyl sites for hydroxylation is 2. The van der Waals surface area contributed by atoms with Crippen molar-refractivity contribution in [3.8, 4) is 11.3 Å². The SMILES string of the molecule is Cc1ccc(CN(C)C(=O)CCc2ncc(-c3ccc(Cl)cc3Cl)o2)o1. The van der Waals surface area contributed by atoms with Gasteiger partial charge < -0.3 is 13.7 Å². The number of carbonyl (C=O) groups is 1. The van der Waals surface area contributed by atoms with Crippen molar-refractivity contribution in [1.82, 2.24) is 9.88 Å². The lowest BCUT2D eigenvalue weighted by molar-refractivity contribution is -0.130. The lowest BCUT2D eigenvalue weighted by Gasteiger charge is -2.15. The zero-order valence-electron chi connectivity index (χ0n) is 14.5. The van der Waals surface area contributed by atoms with Gasteiger partial charge in [0.05, 0.1) is 17.8 Å². The molecule has 0 atom stereocenters. The molecule has 0 bridgehead atoms. The molecule has 0 unspecified atom stereocenters. The highest BCUT2D eigenvalue weighted by Gasteiger charge is 2.15. The Bertz CT molecular complexity index is 917. The molecular weight excluding hydrogens is 375 g/mol. The highest BCUT2D eigenvalue weighted by atomic mass is 35.5. The summed E-state index contributed by atoms with van der Waals surface area (Å²) in [6.07, 6.45) is 2.31. The Labute approximate surface area is 161 Å². The third-order valence-corrected chi connectivity index (χ3v) is 4.47. The van der Waals surface area contributed by atoms with Crippen molar-refractivity contribution in [2.45, 2.75) is 26.3 Å². The van der Waals surface area contributed by atoms with E-state index in [2.05, 4.69) is 4.98 Å². The van der Waals surface area contributed by atoms with Crippen LogP contribution in [0.1, 0.15) is 23.8 Å². The summed E-state index contributed by atoms with van der Waals surface area (Å²) in [5, 5.41) is 1.05. The molecule has 0 aliphatic carbocycles. The Hall–Kier alpha value is -2.24. The molecule has 3 aromatic rings. The van der Waals surface area contributed by atoms with E-state index in [-0.39, 0.29) is 5.91 Å². The third-order valence-electron chi connectivity index (χ3n) is 3.92. The first-order chi connectivity index (χ1) is 12.4. The van der Waals surface area contributed by atoms with Crippen LogP contribution in [0.2, 0.25) is 10.0 Å². The van der Waals surface area contributed by atoms with E-state index in [1.54, 1.807) is 36.3 Å². The number of rotatable bonds is 6. The van der Waals surface area contributed by atoms with Crippen molar-refractivity contribution in [3.63, 3.8) is 0 Å². The van der Waals surface area contributed by atoms with Gasteiger partial charge in [0.25, 0.3) is 0 Å². The standard InChI is InChI=1S/C19H18Cl2N2O3/c1-12-3-5-14(25-12)11-23(2)19(24)8-7-18-22-10-17(26-18)15-6-4-13(20)9-16(15)21/h3-6,9-10H,7-8,11H2,1-2H3. The minimum Gasteiger partial charge on any atom is -0.464 e. The van der Waals surface area contributed by atoms with Crippen LogP contribution in [0.3, 0.4) is 0 Å². The van der Waals surface area contributed by atoms with Gasteiger partial charge in [-0.15, -0.1) is 0 Å². The topological polar surface area (TPSA) is 59.5 Å². The van der Waals surface area contributed by atoms with Crippen LogP contribution >= 0.6 is 23.2 Å². The molecule has 2 aromatic heterocycles. The number of nitrogens with zero attached hydrogens (tertiary/aromatic N) is 2. The Kier molecular flexibility index (Phi) is 5.69. The molecule has 1 aromatic carbocycles. The summed E-state index contributed by atoms with van der Waals surface area (Å²) in [4.78, 5) is 18.1. The highest BCUT2D eigenvalue weighted by molar-refractivity contribution is 6.36. The largest absolute Gasteiger partial charge is 0.464 e. The minimum atomic E-state index is -0.0108. The molecule has 0 radical (unpaired) electrons. The molecule has 0 fully saturated rings.